The number of hydrogen-bond donors (Lipinski definition) is 2. The van der Waals surface area contributed by atoms with Crippen molar-refractivity contribution < 1.29 is 5.21 Å². The fourth-order valence-corrected chi connectivity index (χ4v) is 1.36. The molecule has 0 aliphatic rings. The van der Waals surface area contributed by atoms with Gasteiger partial charge >= 0.3 is 0 Å². The van der Waals surface area contributed by atoms with Gasteiger partial charge in [0.25, 0.3) is 0 Å². The molecular formula is C9H13NO. The van der Waals surface area contributed by atoms with Crippen LogP contribution >= 0.6 is 0 Å². The lowest BCUT2D eigenvalue weighted by Gasteiger charge is -2.08. The lowest BCUT2D eigenvalue weighted by atomic mass is 10.1. The summed E-state index contributed by atoms with van der Waals surface area (Å²) in [5.74, 6) is 0. The zero-order valence-corrected chi connectivity index (χ0v) is 7.10. The number of aryl methyl sites for hydroxylation is 3. The summed E-state index contributed by atoms with van der Waals surface area (Å²) in [6, 6.07) is 4.07. The highest BCUT2D eigenvalue weighted by molar-refractivity contribution is 5.56. The van der Waals surface area contributed by atoms with Gasteiger partial charge in [0, 0.05) is 0 Å². The summed E-state index contributed by atoms with van der Waals surface area (Å²) in [6.45, 7) is 5.98. The van der Waals surface area contributed by atoms with Crippen LogP contribution in [0, 0.1) is 20.8 Å². The Balaban J connectivity index is 3.25. The van der Waals surface area contributed by atoms with Crippen LogP contribution in [-0.4, -0.2) is 5.21 Å². The van der Waals surface area contributed by atoms with E-state index in [2.05, 4.69) is 5.48 Å². The summed E-state index contributed by atoms with van der Waals surface area (Å²) in [4.78, 5) is 0. The van der Waals surface area contributed by atoms with Crippen LogP contribution in [0.2, 0.25) is 0 Å². The normalized spacial score (nSPS) is 9.82. The molecule has 2 heteroatoms. The molecule has 0 fully saturated rings. The molecule has 0 aliphatic heterocycles. The monoisotopic (exact) mass is 151 g/mol. The van der Waals surface area contributed by atoms with E-state index in [1.54, 1.807) is 0 Å². The van der Waals surface area contributed by atoms with Crippen molar-refractivity contribution in [3.63, 3.8) is 0 Å². The van der Waals surface area contributed by atoms with Gasteiger partial charge < -0.3 is 0 Å². The summed E-state index contributed by atoms with van der Waals surface area (Å²) in [5.41, 5.74) is 6.38. The van der Waals surface area contributed by atoms with Crippen molar-refractivity contribution in [1.29, 1.82) is 0 Å². The van der Waals surface area contributed by atoms with Gasteiger partial charge in [0.05, 0.1) is 5.69 Å². The standard InChI is InChI=1S/C9H13NO/c1-6-4-7(2)9(10-11)8(3)5-6/h4-5,10-11H,1-3H3. The van der Waals surface area contributed by atoms with Crippen LogP contribution in [0.25, 0.3) is 0 Å². The maximum absolute atomic E-state index is 8.74. The molecule has 0 aromatic heterocycles. The third kappa shape index (κ3) is 1.52. The molecule has 0 spiro atoms. The maximum atomic E-state index is 8.74. The first-order valence-corrected chi connectivity index (χ1v) is 3.63. The van der Waals surface area contributed by atoms with Gasteiger partial charge in [0.1, 0.15) is 0 Å². The Kier molecular flexibility index (Phi) is 2.15. The first-order valence-electron chi connectivity index (χ1n) is 3.63. The highest BCUT2D eigenvalue weighted by Gasteiger charge is 2.00. The molecule has 0 heterocycles. The molecule has 2 N–H and O–H groups in total. The van der Waals surface area contributed by atoms with Crippen LogP contribution in [-0.2, 0) is 0 Å². The summed E-state index contributed by atoms with van der Waals surface area (Å²) in [7, 11) is 0. The molecule has 11 heavy (non-hydrogen) atoms. The average molecular weight is 151 g/mol. The highest BCUT2D eigenvalue weighted by atomic mass is 16.5. The van der Waals surface area contributed by atoms with E-state index < -0.39 is 0 Å². The Labute approximate surface area is 66.8 Å². The second-order valence-corrected chi connectivity index (χ2v) is 2.89. The molecule has 0 unspecified atom stereocenters. The topological polar surface area (TPSA) is 32.3 Å². The molecule has 0 aliphatic carbocycles. The number of benzene rings is 1. The number of nitrogens with one attached hydrogen (secondary N) is 1. The van der Waals surface area contributed by atoms with Crippen LogP contribution in [0.15, 0.2) is 12.1 Å². The Bertz CT molecular complexity index is 245. The fraction of sp³-hybridized carbons (Fsp3) is 0.333. The van der Waals surface area contributed by atoms with Gasteiger partial charge in [-0.25, -0.2) is 0 Å². The molecule has 1 aromatic rings. The van der Waals surface area contributed by atoms with Gasteiger partial charge in [-0.1, -0.05) is 17.7 Å². The van der Waals surface area contributed by atoms with Crippen molar-refractivity contribution in [2.45, 2.75) is 20.8 Å². The van der Waals surface area contributed by atoms with Gasteiger partial charge in [-0.3, -0.25) is 10.7 Å². The van der Waals surface area contributed by atoms with Crippen LogP contribution in [0.4, 0.5) is 5.69 Å². The van der Waals surface area contributed by atoms with Gasteiger partial charge in [-0.15, -0.1) is 0 Å². The van der Waals surface area contributed by atoms with Crippen molar-refractivity contribution >= 4 is 5.69 Å². The summed E-state index contributed by atoms with van der Waals surface area (Å²) in [6.07, 6.45) is 0. The Morgan fingerprint density at radius 2 is 1.55 bits per heavy atom. The summed E-state index contributed by atoms with van der Waals surface area (Å²) < 4.78 is 0. The Morgan fingerprint density at radius 3 is 1.91 bits per heavy atom. The molecule has 60 valence electrons. The van der Waals surface area contributed by atoms with Crippen LogP contribution in [0.3, 0.4) is 0 Å². The largest absolute Gasteiger partial charge is 0.291 e. The first-order chi connectivity index (χ1) is 5.15. The zero-order valence-electron chi connectivity index (χ0n) is 7.10. The molecule has 1 rings (SSSR count). The van der Waals surface area contributed by atoms with E-state index in [-0.39, 0.29) is 0 Å². The van der Waals surface area contributed by atoms with Crippen molar-refractivity contribution in [1.82, 2.24) is 0 Å². The van der Waals surface area contributed by atoms with Gasteiger partial charge in [0.15, 0.2) is 0 Å². The third-order valence-electron chi connectivity index (χ3n) is 1.79. The second kappa shape index (κ2) is 2.93. The first kappa shape index (κ1) is 8.08. The minimum atomic E-state index is 0.815. The van der Waals surface area contributed by atoms with E-state index in [4.69, 9.17) is 5.21 Å². The van der Waals surface area contributed by atoms with Gasteiger partial charge in [0.2, 0.25) is 0 Å². The predicted molar refractivity (Wildman–Crippen MR) is 46.1 cm³/mol. The number of anilines is 1. The van der Waals surface area contributed by atoms with E-state index in [1.165, 1.54) is 5.56 Å². The Morgan fingerprint density at radius 1 is 1.09 bits per heavy atom. The smallest absolute Gasteiger partial charge is 0.0660 e. The van der Waals surface area contributed by atoms with Crippen molar-refractivity contribution in [2.24, 2.45) is 0 Å². The zero-order chi connectivity index (χ0) is 8.43. The molecular weight excluding hydrogens is 138 g/mol. The lowest BCUT2D eigenvalue weighted by molar-refractivity contribution is 0.388. The molecule has 0 saturated carbocycles. The second-order valence-electron chi connectivity index (χ2n) is 2.89. The molecule has 0 atom stereocenters. The quantitative estimate of drug-likeness (QED) is 0.604. The van der Waals surface area contributed by atoms with E-state index in [9.17, 15) is 0 Å². The molecule has 0 bridgehead atoms. The molecule has 2 nitrogen and oxygen atoms in total. The lowest BCUT2D eigenvalue weighted by Crippen LogP contribution is -1.96. The minimum Gasteiger partial charge on any atom is -0.291 e. The van der Waals surface area contributed by atoms with Crippen LogP contribution in [0.1, 0.15) is 16.7 Å². The van der Waals surface area contributed by atoms with Crippen LogP contribution < -0.4 is 5.48 Å². The molecule has 0 radical (unpaired) electrons. The predicted octanol–water partition coefficient (Wildman–Crippen LogP) is 2.41. The van der Waals surface area contributed by atoms with Gasteiger partial charge in [-0.2, -0.15) is 0 Å². The fourth-order valence-electron chi connectivity index (χ4n) is 1.36. The van der Waals surface area contributed by atoms with E-state index in [1.807, 2.05) is 32.9 Å². The molecule has 0 saturated heterocycles. The number of rotatable bonds is 1. The summed E-state index contributed by atoms with van der Waals surface area (Å²) >= 11 is 0. The number of hydrogen-bond acceptors (Lipinski definition) is 2. The van der Waals surface area contributed by atoms with E-state index >= 15 is 0 Å². The van der Waals surface area contributed by atoms with E-state index in [0.717, 1.165) is 16.8 Å². The molecule has 1 aromatic carbocycles. The Hall–Kier alpha value is -1.02. The van der Waals surface area contributed by atoms with Crippen molar-refractivity contribution in [3.05, 3.63) is 28.8 Å². The minimum absolute atomic E-state index is 0.815. The van der Waals surface area contributed by atoms with Crippen LogP contribution in [0.5, 0.6) is 0 Å². The average Bonchev–Trinajstić information content (AvgIpc) is 1.85. The molecule has 0 amide bonds. The van der Waals surface area contributed by atoms with Crippen molar-refractivity contribution in [2.75, 3.05) is 5.48 Å². The summed E-state index contributed by atoms with van der Waals surface area (Å²) in [5, 5.41) is 8.74. The third-order valence-corrected chi connectivity index (χ3v) is 1.79. The maximum Gasteiger partial charge on any atom is 0.0660 e. The SMILES string of the molecule is Cc1cc(C)c(NO)c(C)c1. The van der Waals surface area contributed by atoms with E-state index in [0.29, 0.717) is 0 Å². The van der Waals surface area contributed by atoms with Crippen molar-refractivity contribution in [3.8, 4) is 0 Å². The van der Waals surface area contributed by atoms with Gasteiger partial charge in [-0.05, 0) is 31.9 Å². The highest BCUT2D eigenvalue weighted by Crippen LogP contribution is 2.20.